The number of methoxy groups -OCH3 is 1. The normalized spacial score (nSPS) is 11.2. The number of hydrogen-bond donors (Lipinski definition) is 1. The molecule has 0 radical (unpaired) electrons. The Kier molecular flexibility index (Phi) is 4.85. The largest absolute Gasteiger partial charge is 0.382 e. The van der Waals surface area contributed by atoms with Crippen LogP contribution in [0.1, 0.15) is 24.2 Å². The monoisotopic (exact) mass is 286 g/mol. The van der Waals surface area contributed by atoms with Crippen molar-refractivity contribution < 1.29 is 14.5 Å². The first-order valence-corrected chi connectivity index (χ1v) is 5.90. The Balaban J connectivity index is 2.95. The number of carbonyl (C=O) groups is 1. The number of halogens is 1. The van der Waals surface area contributed by atoms with Crippen molar-refractivity contribution in [2.75, 3.05) is 13.7 Å². The van der Waals surface area contributed by atoms with Crippen LogP contribution in [0.5, 0.6) is 0 Å². The molecule has 0 fully saturated rings. The van der Waals surface area contributed by atoms with Crippen molar-refractivity contribution in [1.29, 1.82) is 0 Å². The minimum Gasteiger partial charge on any atom is -0.382 e. The Labute approximate surface area is 115 Å². The molecular weight excluding hydrogens is 272 g/mol. The van der Waals surface area contributed by atoms with Crippen molar-refractivity contribution in [3.63, 3.8) is 0 Å². The third-order valence-corrected chi connectivity index (χ3v) is 2.68. The van der Waals surface area contributed by atoms with E-state index in [1.54, 1.807) is 13.8 Å². The third kappa shape index (κ3) is 4.18. The quantitative estimate of drug-likeness (QED) is 0.665. The molecular formula is C12H15ClN2O4. The second kappa shape index (κ2) is 5.99. The number of nitrogens with one attached hydrogen (secondary N) is 1. The van der Waals surface area contributed by atoms with Crippen LogP contribution in [0.15, 0.2) is 18.2 Å². The van der Waals surface area contributed by atoms with Crippen LogP contribution in [0.2, 0.25) is 5.02 Å². The summed E-state index contributed by atoms with van der Waals surface area (Å²) in [6.07, 6.45) is 0. The SMILES string of the molecule is COCC(C)(C)NC(=O)c1ccc(Cl)c([N+](=O)[O-])c1. The van der Waals surface area contributed by atoms with Crippen LogP contribution in [0.25, 0.3) is 0 Å². The first-order chi connectivity index (χ1) is 8.76. The van der Waals surface area contributed by atoms with Gasteiger partial charge in [-0.2, -0.15) is 0 Å². The first-order valence-electron chi connectivity index (χ1n) is 5.52. The summed E-state index contributed by atoms with van der Waals surface area (Å²) >= 11 is 5.69. The number of amides is 1. The Morgan fingerprint density at radius 1 is 1.53 bits per heavy atom. The van der Waals surface area contributed by atoms with Crippen LogP contribution < -0.4 is 5.32 Å². The topological polar surface area (TPSA) is 81.5 Å². The smallest absolute Gasteiger partial charge is 0.288 e. The number of carbonyl (C=O) groups excluding carboxylic acids is 1. The molecule has 7 heteroatoms. The van der Waals surface area contributed by atoms with Crippen molar-refractivity contribution in [2.45, 2.75) is 19.4 Å². The average Bonchev–Trinajstić information content (AvgIpc) is 2.28. The van der Waals surface area contributed by atoms with E-state index in [1.165, 1.54) is 19.2 Å². The van der Waals surface area contributed by atoms with Crippen molar-refractivity contribution in [3.05, 3.63) is 38.9 Å². The fourth-order valence-corrected chi connectivity index (χ4v) is 1.76. The first kappa shape index (κ1) is 15.4. The summed E-state index contributed by atoms with van der Waals surface area (Å²) in [5.74, 6) is -0.415. The van der Waals surface area contributed by atoms with E-state index in [2.05, 4.69) is 5.32 Å². The highest BCUT2D eigenvalue weighted by Crippen LogP contribution is 2.25. The van der Waals surface area contributed by atoms with E-state index in [0.29, 0.717) is 6.61 Å². The molecule has 19 heavy (non-hydrogen) atoms. The second-order valence-electron chi connectivity index (χ2n) is 4.69. The van der Waals surface area contributed by atoms with Crippen molar-refractivity contribution in [2.24, 2.45) is 0 Å². The molecule has 1 rings (SSSR count). The molecule has 0 atom stereocenters. The van der Waals surface area contributed by atoms with Crippen LogP contribution in [-0.4, -0.2) is 30.1 Å². The van der Waals surface area contributed by atoms with Crippen LogP contribution >= 0.6 is 11.6 Å². The fraction of sp³-hybridized carbons (Fsp3) is 0.417. The lowest BCUT2D eigenvalue weighted by Crippen LogP contribution is -2.46. The van der Waals surface area contributed by atoms with Gasteiger partial charge in [0, 0.05) is 18.7 Å². The molecule has 1 aromatic carbocycles. The number of nitro benzene ring substituents is 1. The highest BCUT2D eigenvalue weighted by molar-refractivity contribution is 6.32. The van der Waals surface area contributed by atoms with Crippen molar-refractivity contribution in [1.82, 2.24) is 5.32 Å². The number of nitrogens with zero attached hydrogens (tertiary/aromatic N) is 1. The van der Waals surface area contributed by atoms with E-state index in [-0.39, 0.29) is 16.3 Å². The number of hydrogen-bond acceptors (Lipinski definition) is 4. The zero-order valence-electron chi connectivity index (χ0n) is 10.9. The van der Waals surface area contributed by atoms with Gasteiger partial charge in [0.1, 0.15) is 5.02 Å². The molecule has 1 amide bonds. The Morgan fingerprint density at radius 2 is 2.16 bits per heavy atom. The zero-order valence-corrected chi connectivity index (χ0v) is 11.7. The molecule has 0 unspecified atom stereocenters. The Morgan fingerprint density at radius 3 is 2.68 bits per heavy atom. The minimum absolute atomic E-state index is 0.00213. The van der Waals surface area contributed by atoms with E-state index >= 15 is 0 Å². The molecule has 0 aromatic heterocycles. The van der Waals surface area contributed by atoms with Gasteiger partial charge in [0.2, 0.25) is 0 Å². The summed E-state index contributed by atoms with van der Waals surface area (Å²) in [7, 11) is 1.53. The minimum atomic E-state index is -0.626. The maximum Gasteiger partial charge on any atom is 0.288 e. The molecule has 0 aliphatic carbocycles. The predicted molar refractivity (Wildman–Crippen MR) is 71.5 cm³/mol. The second-order valence-corrected chi connectivity index (χ2v) is 5.10. The van der Waals surface area contributed by atoms with Crippen LogP contribution in [-0.2, 0) is 4.74 Å². The molecule has 0 aliphatic heterocycles. The Bertz CT molecular complexity index is 503. The lowest BCUT2D eigenvalue weighted by Gasteiger charge is -2.25. The maximum absolute atomic E-state index is 12.0. The van der Waals surface area contributed by atoms with E-state index in [1.807, 2.05) is 0 Å². The van der Waals surface area contributed by atoms with Crippen molar-refractivity contribution in [3.8, 4) is 0 Å². The van der Waals surface area contributed by atoms with Gasteiger partial charge in [-0.1, -0.05) is 11.6 Å². The number of ether oxygens (including phenoxy) is 1. The molecule has 6 nitrogen and oxygen atoms in total. The lowest BCUT2D eigenvalue weighted by atomic mass is 10.1. The van der Waals surface area contributed by atoms with E-state index in [9.17, 15) is 14.9 Å². The molecule has 0 saturated heterocycles. The van der Waals surface area contributed by atoms with Gasteiger partial charge < -0.3 is 10.1 Å². The number of rotatable bonds is 5. The average molecular weight is 287 g/mol. The fourth-order valence-electron chi connectivity index (χ4n) is 1.57. The van der Waals surface area contributed by atoms with Gasteiger partial charge in [-0.25, -0.2) is 0 Å². The molecule has 0 aliphatic rings. The zero-order chi connectivity index (χ0) is 14.6. The van der Waals surface area contributed by atoms with Gasteiger partial charge in [-0.3, -0.25) is 14.9 Å². The molecule has 0 heterocycles. The van der Waals surface area contributed by atoms with Gasteiger partial charge >= 0.3 is 0 Å². The molecule has 104 valence electrons. The van der Waals surface area contributed by atoms with Gasteiger partial charge in [0.15, 0.2) is 0 Å². The van der Waals surface area contributed by atoms with Gasteiger partial charge in [-0.15, -0.1) is 0 Å². The molecule has 1 aromatic rings. The van der Waals surface area contributed by atoms with Crippen LogP contribution in [0, 0.1) is 10.1 Å². The van der Waals surface area contributed by atoms with Crippen LogP contribution in [0.3, 0.4) is 0 Å². The summed E-state index contributed by atoms with van der Waals surface area (Å²) in [6.45, 7) is 3.91. The molecule has 0 saturated carbocycles. The van der Waals surface area contributed by atoms with E-state index in [0.717, 1.165) is 6.07 Å². The summed E-state index contributed by atoms with van der Waals surface area (Å²) in [4.78, 5) is 22.1. The lowest BCUT2D eigenvalue weighted by molar-refractivity contribution is -0.384. The summed E-state index contributed by atoms with van der Waals surface area (Å²) in [6, 6.07) is 3.92. The number of nitro groups is 1. The molecule has 0 bridgehead atoms. The van der Waals surface area contributed by atoms with Gasteiger partial charge in [0.05, 0.1) is 17.1 Å². The standard InChI is InChI=1S/C12H15ClN2O4/c1-12(2,7-19-3)14-11(16)8-4-5-9(13)10(6-8)15(17)18/h4-6H,7H2,1-3H3,(H,14,16). The highest BCUT2D eigenvalue weighted by atomic mass is 35.5. The van der Waals surface area contributed by atoms with Gasteiger partial charge in [-0.05, 0) is 26.0 Å². The van der Waals surface area contributed by atoms with Gasteiger partial charge in [0.25, 0.3) is 11.6 Å². The van der Waals surface area contributed by atoms with Crippen LogP contribution in [0.4, 0.5) is 5.69 Å². The number of benzene rings is 1. The summed E-state index contributed by atoms with van der Waals surface area (Å²) < 4.78 is 4.98. The summed E-state index contributed by atoms with van der Waals surface area (Å²) in [5.41, 5.74) is -0.681. The molecule has 1 N–H and O–H groups in total. The highest BCUT2D eigenvalue weighted by Gasteiger charge is 2.23. The van der Waals surface area contributed by atoms with E-state index in [4.69, 9.17) is 16.3 Å². The van der Waals surface area contributed by atoms with Crippen molar-refractivity contribution >= 4 is 23.2 Å². The van der Waals surface area contributed by atoms with E-state index < -0.39 is 16.4 Å². The maximum atomic E-state index is 12.0. The molecule has 0 spiro atoms. The predicted octanol–water partition coefficient (Wildman–Crippen LogP) is 2.40. The summed E-state index contributed by atoms with van der Waals surface area (Å²) in [5, 5.41) is 13.5. The third-order valence-electron chi connectivity index (χ3n) is 2.36. The Hall–Kier alpha value is -1.66.